The highest BCUT2D eigenvalue weighted by molar-refractivity contribution is 5.85. The van der Waals surface area contributed by atoms with Crippen molar-refractivity contribution in [3.63, 3.8) is 0 Å². The Morgan fingerprint density at radius 2 is 2.00 bits per heavy atom. The first kappa shape index (κ1) is 16.1. The standard InChI is InChI=1S/C20H21FN2O2/c21-17-5-2-1-4-16(17)20(9-10-20)23-12-14(24)13-25-19-7-3-6-18-15(19)8-11-22-18/h1-8,11,14,22-24H,9-10,12-13H2. The van der Waals surface area contributed by atoms with Gasteiger partial charge in [0.05, 0.1) is 0 Å². The van der Waals surface area contributed by atoms with Gasteiger partial charge in [-0.25, -0.2) is 4.39 Å². The summed E-state index contributed by atoms with van der Waals surface area (Å²) in [5.74, 6) is 0.547. The molecule has 25 heavy (non-hydrogen) atoms. The minimum Gasteiger partial charge on any atom is -0.490 e. The van der Waals surface area contributed by atoms with E-state index in [2.05, 4.69) is 10.3 Å². The van der Waals surface area contributed by atoms with E-state index in [9.17, 15) is 9.50 Å². The fourth-order valence-electron chi connectivity index (χ4n) is 3.26. The molecular weight excluding hydrogens is 319 g/mol. The Balaban J connectivity index is 1.35. The van der Waals surface area contributed by atoms with Gasteiger partial charge in [0.15, 0.2) is 0 Å². The molecule has 1 aliphatic carbocycles. The lowest BCUT2D eigenvalue weighted by Gasteiger charge is -2.21. The number of fused-ring (bicyclic) bond motifs is 1. The van der Waals surface area contributed by atoms with E-state index >= 15 is 0 Å². The van der Waals surface area contributed by atoms with Crippen molar-refractivity contribution in [3.05, 3.63) is 66.1 Å². The summed E-state index contributed by atoms with van der Waals surface area (Å²) < 4.78 is 19.8. The third-order valence-electron chi connectivity index (χ3n) is 4.80. The average Bonchev–Trinajstić information content (AvgIpc) is 3.25. The summed E-state index contributed by atoms with van der Waals surface area (Å²) in [5.41, 5.74) is 1.34. The molecule has 1 unspecified atom stereocenters. The predicted octanol–water partition coefficient (Wildman–Crippen LogP) is 3.33. The van der Waals surface area contributed by atoms with Crippen LogP contribution in [0.15, 0.2) is 54.7 Å². The number of ether oxygens (including phenoxy) is 1. The third kappa shape index (κ3) is 3.25. The summed E-state index contributed by atoms with van der Waals surface area (Å²) in [4.78, 5) is 3.13. The molecule has 1 heterocycles. The van der Waals surface area contributed by atoms with E-state index in [1.54, 1.807) is 6.07 Å². The molecule has 1 fully saturated rings. The highest BCUT2D eigenvalue weighted by Crippen LogP contribution is 2.46. The van der Waals surface area contributed by atoms with E-state index in [0.717, 1.165) is 29.5 Å². The first-order valence-corrected chi connectivity index (χ1v) is 8.55. The maximum Gasteiger partial charge on any atom is 0.128 e. The number of aromatic amines is 1. The van der Waals surface area contributed by atoms with Crippen LogP contribution in [0.25, 0.3) is 10.9 Å². The first-order valence-electron chi connectivity index (χ1n) is 8.55. The Bertz CT molecular complexity index is 873. The van der Waals surface area contributed by atoms with Crippen molar-refractivity contribution in [2.45, 2.75) is 24.5 Å². The van der Waals surface area contributed by atoms with Crippen LogP contribution in [0.2, 0.25) is 0 Å². The van der Waals surface area contributed by atoms with Crippen LogP contribution in [0.5, 0.6) is 5.75 Å². The number of hydrogen-bond acceptors (Lipinski definition) is 3. The molecule has 3 N–H and O–H groups in total. The maximum absolute atomic E-state index is 14.0. The molecule has 1 saturated carbocycles. The maximum atomic E-state index is 14.0. The molecule has 0 saturated heterocycles. The molecule has 4 nitrogen and oxygen atoms in total. The number of aromatic nitrogens is 1. The van der Waals surface area contributed by atoms with Crippen molar-refractivity contribution < 1.29 is 14.2 Å². The van der Waals surface area contributed by atoms with E-state index in [4.69, 9.17) is 4.74 Å². The van der Waals surface area contributed by atoms with Gasteiger partial charge in [0.25, 0.3) is 0 Å². The molecular formula is C20H21FN2O2. The van der Waals surface area contributed by atoms with Gasteiger partial charge in [0.1, 0.15) is 24.3 Å². The van der Waals surface area contributed by atoms with Gasteiger partial charge in [-0.2, -0.15) is 0 Å². The second kappa shape index (κ2) is 6.50. The normalized spacial score (nSPS) is 16.7. The Morgan fingerprint density at radius 3 is 2.80 bits per heavy atom. The van der Waals surface area contributed by atoms with Crippen LogP contribution in [-0.2, 0) is 5.54 Å². The average molecular weight is 340 g/mol. The number of benzene rings is 2. The van der Waals surface area contributed by atoms with Gasteiger partial charge >= 0.3 is 0 Å². The fourth-order valence-corrected chi connectivity index (χ4v) is 3.26. The van der Waals surface area contributed by atoms with Gasteiger partial charge in [0.2, 0.25) is 0 Å². The Labute approximate surface area is 145 Å². The molecule has 5 heteroatoms. The van der Waals surface area contributed by atoms with Crippen molar-refractivity contribution in [2.24, 2.45) is 0 Å². The summed E-state index contributed by atoms with van der Waals surface area (Å²) in [6.07, 6.45) is 2.95. The van der Waals surface area contributed by atoms with Crippen molar-refractivity contribution in [3.8, 4) is 5.75 Å². The number of H-pyrrole nitrogens is 1. The lowest BCUT2D eigenvalue weighted by Crippen LogP contribution is -2.38. The molecule has 130 valence electrons. The fraction of sp³-hybridized carbons (Fsp3) is 0.300. The molecule has 3 aromatic rings. The van der Waals surface area contributed by atoms with E-state index in [1.807, 2.05) is 42.6 Å². The number of rotatable bonds is 7. The summed E-state index contributed by atoms with van der Waals surface area (Å²) in [5, 5.41) is 14.6. The van der Waals surface area contributed by atoms with Crippen molar-refractivity contribution in [1.29, 1.82) is 0 Å². The summed E-state index contributed by atoms with van der Waals surface area (Å²) in [6, 6.07) is 14.6. The van der Waals surface area contributed by atoms with E-state index in [1.165, 1.54) is 6.07 Å². The number of aliphatic hydroxyl groups is 1. The number of hydrogen-bond donors (Lipinski definition) is 3. The summed E-state index contributed by atoms with van der Waals surface area (Å²) in [6.45, 7) is 0.544. The molecule has 2 aromatic carbocycles. The van der Waals surface area contributed by atoms with Crippen LogP contribution >= 0.6 is 0 Å². The number of aliphatic hydroxyl groups excluding tert-OH is 1. The molecule has 0 amide bonds. The Hall–Kier alpha value is -2.37. The van der Waals surface area contributed by atoms with Gasteiger partial charge in [-0.05, 0) is 37.1 Å². The third-order valence-corrected chi connectivity index (χ3v) is 4.80. The lowest BCUT2D eigenvalue weighted by molar-refractivity contribution is 0.103. The monoisotopic (exact) mass is 340 g/mol. The molecule has 0 radical (unpaired) electrons. The van der Waals surface area contributed by atoms with Crippen LogP contribution < -0.4 is 10.1 Å². The molecule has 4 rings (SSSR count). The van der Waals surface area contributed by atoms with Gasteiger partial charge in [-0.1, -0.05) is 24.3 Å². The Kier molecular flexibility index (Phi) is 4.19. The first-order chi connectivity index (χ1) is 12.2. The summed E-state index contributed by atoms with van der Waals surface area (Å²) >= 11 is 0. The largest absolute Gasteiger partial charge is 0.490 e. The van der Waals surface area contributed by atoms with Crippen LogP contribution in [0, 0.1) is 5.82 Å². The van der Waals surface area contributed by atoms with Crippen LogP contribution in [0.3, 0.4) is 0 Å². The quantitative estimate of drug-likeness (QED) is 0.618. The highest BCUT2D eigenvalue weighted by Gasteiger charge is 2.45. The highest BCUT2D eigenvalue weighted by atomic mass is 19.1. The molecule has 0 bridgehead atoms. The zero-order chi connectivity index (χ0) is 17.3. The van der Waals surface area contributed by atoms with Gasteiger partial charge < -0.3 is 20.1 Å². The zero-order valence-electron chi connectivity index (χ0n) is 13.8. The van der Waals surface area contributed by atoms with E-state index < -0.39 is 6.10 Å². The van der Waals surface area contributed by atoms with Crippen LogP contribution in [-0.4, -0.2) is 29.3 Å². The molecule has 1 aromatic heterocycles. The molecule has 1 aliphatic rings. The van der Waals surface area contributed by atoms with Crippen molar-refractivity contribution >= 4 is 10.9 Å². The molecule has 0 spiro atoms. The van der Waals surface area contributed by atoms with Crippen molar-refractivity contribution in [1.82, 2.24) is 10.3 Å². The topological polar surface area (TPSA) is 57.3 Å². The van der Waals surface area contributed by atoms with Crippen LogP contribution in [0.1, 0.15) is 18.4 Å². The van der Waals surface area contributed by atoms with Gasteiger partial charge in [0, 0.05) is 34.7 Å². The SMILES string of the molecule is OC(CNC1(c2ccccc2F)CC1)COc1cccc2[nH]ccc12. The van der Waals surface area contributed by atoms with Crippen molar-refractivity contribution in [2.75, 3.05) is 13.2 Å². The Morgan fingerprint density at radius 1 is 1.16 bits per heavy atom. The number of halogens is 1. The van der Waals surface area contributed by atoms with E-state index in [-0.39, 0.29) is 18.0 Å². The molecule has 1 atom stereocenters. The van der Waals surface area contributed by atoms with Gasteiger partial charge in [-0.3, -0.25) is 0 Å². The summed E-state index contributed by atoms with van der Waals surface area (Å²) in [7, 11) is 0. The van der Waals surface area contributed by atoms with Crippen LogP contribution in [0.4, 0.5) is 4.39 Å². The van der Waals surface area contributed by atoms with Gasteiger partial charge in [-0.15, -0.1) is 0 Å². The van der Waals surface area contributed by atoms with E-state index in [0.29, 0.717) is 12.1 Å². The minimum atomic E-state index is -0.668. The minimum absolute atomic E-state index is 0.185. The molecule has 0 aliphatic heterocycles. The number of nitrogens with one attached hydrogen (secondary N) is 2. The predicted molar refractivity (Wildman–Crippen MR) is 95.1 cm³/mol. The second-order valence-electron chi connectivity index (χ2n) is 6.60. The lowest BCUT2D eigenvalue weighted by atomic mass is 10.0. The smallest absolute Gasteiger partial charge is 0.128 e. The zero-order valence-corrected chi connectivity index (χ0v) is 13.8. The second-order valence-corrected chi connectivity index (χ2v) is 6.60.